The third kappa shape index (κ3) is 2.38. The Morgan fingerprint density at radius 1 is 1.24 bits per heavy atom. The van der Waals surface area contributed by atoms with Crippen LogP contribution in [0.3, 0.4) is 0 Å². The van der Waals surface area contributed by atoms with Crippen molar-refractivity contribution in [1.29, 1.82) is 0 Å². The fraction of sp³-hybridized carbons (Fsp3) is 0.333. The summed E-state index contributed by atoms with van der Waals surface area (Å²) < 4.78 is 0. The van der Waals surface area contributed by atoms with Gasteiger partial charge in [0, 0.05) is 31.3 Å². The number of hydrogen-bond donors (Lipinski definition) is 1. The van der Waals surface area contributed by atoms with Crippen molar-refractivity contribution in [2.75, 3.05) is 6.54 Å². The summed E-state index contributed by atoms with van der Waals surface area (Å²) in [5.41, 5.74) is 6.61. The summed E-state index contributed by atoms with van der Waals surface area (Å²) in [6, 6.07) is 3.89. The summed E-state index contributed by atoms with van der Waals surface area (Å²) in [5.74, 6) is -0.366. The molecule has 1 atom stereocenters. The van der Waals surface area contributed by atoms with Crippen LogP contribution in [0.1, 0.15) is 24.1 Å². The predicted octanol–water partition coefficient (Wildman–Crippen LogP) is 0.848. The van der Waals surface area contributed by atoms with Crippen molar-refractivity contribution in [1.82, 2.24) is 19.9 Å². The SMILES string of the molecule is NC(=O)[C@@]1(c2cnccn2)CCCN1Cc1ccncc1. The van der Waals surface area contributed by atoms with Gasteiger partial charge in [0.15, 0.2) is 0 Å². The molecule has 21 heavy (non-hydrogen) atoms. The molecule has 1 aliphatic rings. The molecule has 1 aliphatic heterocycles. The number of pyridine rings is 1. The summed E-state index contributed by atoms with van der Waals surface area (Å²) in [5, 5.41) is 0. The first kappa shape index (κ1) is 13.6. The van der Waals surface area contributed by atoms with Gasteiger partial charge in [-0.05, 0) is 37.1 Å². The molecule has 2 N–H and O–H groups in total. The smallest absolute Gasteiger partial charge is 0.244 e. The molecule has 6 heteroatoms. The number of rotatable bonds is 4. The molecule has 3 heterocycles. The molecule has 1 fully saturated rings. The van der Waals surface area contributed by atoms with E-state index in [1.54, 1.807) is 31.0 Å². The van der Waals surface area contributed by atoms with E-state index < -0.39 is 5.54 Å². The third-order valence-electron chi connectivity index (χ3n) is 4.02. The van der Waals surface area contributed by atoms with Gasteiger partial charge >= 0.3 is 0 Å². The number of amides is 1. The number of carbonyl (C=O) groups is 1. The van der Waals surface area contributed by atoms with Gasteiger partial charge in [-0.3, -0.25) is 24.6 Å². The van der Waals surface area contributed by atoms with E-state index in [2.05, 4.69) is 19.9 Å². The molecule has 0 saturated carbocycles. The number of likely N-dealkylation sites (tertiary alicyclic amines) is 1. The zero-order chi connectivity index (χ0) is 14.7. The Kier molecular flexibility index (Phi) is 3.62. The first-order chi connectivity index (χ1) is 10.2. The number of nitrogens with two attached hydrogens (primary N) is 1. The van der Waals surface area contributed by atoms with Crippen LogP contribution in [-0.4, -0.2) is 32.3 Å². The Hall–Kier alpha value is -2.34. The van der Waals surface area contributed by atoms with E-state index in [-0.39, 0.29) is 5.91 Å². The molecule has 108 valence electrons. The molecule has 0 spiro atoms. The minimum absolute atomic E-state index is 0.366. The molecule has 0 unspecified atom stereocenters. The molecule has 1 amide bonds. The van der Waals surface area contributed by atoms with Crippen LogP contribution >= 0.6 is 0 Å². The van der Waals surface area contributed by atoms with Gasteiger partial charge in [-0.25, -0.2) is 0 Å². The minimum atomic E-state index is -0.864. The fourth-order valence-electron chi connectivity index (χ4n) is 3.01. The van der Waals surface area contributed by atoms with Gasteiger partial charge in [0.1, 0.15) is 5.54 Å². The van der Waals surface area contributed by atoms with Crippen LogP contribution in [0.5, 0.6) is 0 Å². The summed E-state index contributed by atoms with van der Waals surface area (Å²) in [4.78, 5) is 26.8. The second-order valence-electron chi connectivity index (χ2n) is 5.20. The summed E-state index contributed by atoms with van der Waals surface area (Å²) in [7, 11) is 0. The van der Waals surface area contributed by atoms with Crippen molar-refractivity contribution in [3.05, 3.63) is 54.4 Å². The van der Waals surface area contributed by atoms with Gasteiger partial charge in [0.25, 0.3) is 0 Å². The number of nitrogens with zero attached hydrogens (tertiary/aromatic N) is 4. The van der Waals surface area contributed by atoms with Crippen LogP contribution in [0.15, 0.2) is 43.1 Å². The highest BCUT2D eigenvalue weighted by Crippen LogP contribution is 2.38. The Morgan fingerprint density at radius 3 is 2.71 bits per heavy atom. The first-order valence-corrected chi connectivity index (χ1v) is 6.94. The van der Waals surface area contributed by atoms with Crippen molar-refractivity contribution < 1.29 is 4.79 Å². The Morgan fingerprint density at radius 2 is 2.05 bits per heavy atom. The summed E-state index contributed by atoms with van der Waals surface area (Å²) in [6.07, 6.45) is 9.91. The third-order valence-corrected chi connectivity index (χ3v) is 4.02. The molecular weight excluding hydrogens is 266 g/mol. The van der Waals surface area contributed by atoms with Crippen molar-refractivity contribution in [2.24, 2.45) is 5.73 Å². The molecule has 2 aromatic rings. The fourth-order valence-corrected chi connectivity index (χ4v) is 3.01. The van der Waals surface area contributed by atoms with Crippen LogP contribution < -0.4 is 5.73 Å². The molecule has 1 saturated heterocycles. The highest BCUT2D eigenvalue weighted by atomic mass is 16.1. The number of aromatic nitrogens is 3. The Bertz CT molecular complexity index is 618. The lowest BCUT2D eigenvalue weighted by Crippen LogP contribution is -2.51. The van der Waals surface area contributed by atoms with Gasteiger partial charge in [-0.2, -0.15) is 0 Å². The lowest BCUT2D eigenvalue weighted by Gasteiger charge is -2.35. The van der Waals surface area contributed by atoms with Gasteiger partial charge in [0.2, 0.25) is 5.91 Å². The van der Waals surface area contributed by atoms with Crippen molar-refractivity contribution in [2.45, 2.75) is 24.9 Å². The molecule has 0 aromatic carbocycles. The normalized spacial score (nSPS) is 22.3. The number of primary amides is 1. The highest BCUT2D eigenvalue weighted by Gasteiger charge is 2.48. The monoisotopic (exact) mass is 283 g/mol. The highest BCUT2D eigenvalue weighted by molar-refractivity contribution is 5.86. The Balaban J connectivity index is 1.97. The van der Waals surface area contributed by atoms with Gasteiger partial charge in [0.05, 0.1) is 11.9 Å². The maximum atomic E-state index is 12.2. The molecule has 0 radical (unpaired) electrons. The largest absolute Gasteiger partial charge is 0.368 e. The average Bonchev–Trinajstić information content (AvgIpc) is 2.94. The van der Waals surface area contributed by atoms with Crippen LogP contribution in [0.4, 0.5) is 0 Å². The lowest BCUT2D eigenvalue weighted by atomic mass is 9.91. The second kappa shape index (κ2) is 5.57. The molecule has 6 nitrogen and oxygen atoms in total. The van der Waals surface area contributed by atoms with E-state index in [0.717, 1.165) is 18.5 Å². The van der Waals surface area contributed by atoms with Crippen LogP contribution in [0.25, 0.3) is 0 Å². The number of hydrogen-bond acceptors (Lipinski definition) is 5. The molecule has 3 rings (SSSR count). The van der Waals surface area contributed by atoms with E-state index in [1.165, 1.54) is 0 Å². The zero-order valence-electron chi connectivity index (χ0n) is 11.6. The average molecular weight is 283 g/mol. The zero-order valence-corrected chi connectivity index (χ0v) is 11.6. The second-order valence-corrected chi connectivity index (χ2v) is 5.20. The van der Waals surface area contributed by atoms with Crippen LogP contribution in [0.2, 0.25) is 0 Å². The predicted molar refractivity (Wildman–Crippen MR) is 76.8 cm³/mol. The molecular formula is C15H17N5O. The van der Waals surface area contributed by atoms with Gasteiger partial charge < -0.3 is 5.73 Å². The van der Waals surface area contributed by atoms with Crippen LogP contribution in [-0.2, 0) is 16.9 Å². The first-order valence-electron chi connectivity index (χ1n) is 6.94. The van der Waals surface area contributed by atoms with E-state index in [4.69, 9.17) is 5.73 Å². The van der Waals surface area contributed by atoms with Crippen LogP contribution in [0, 0.1) is 0 Å². The quantitative estimate of drug-likeness (QED) is 0.899. The minimum Gasteiger partial charge on any atom is -0.368 e. The molecule has 0 bridgehead atoms. The topological polar surface area (TPSA) is 85.0 Å². The van der Waals surface area contributed by atoms with E-state index in [9.17, 15) is 4.79 Å². The number of carbonyl (C=O) groups excluding carboxylic acids is 1. The lowest BCUT2D eigenvalue weighted by molar-refractivity contribution is -0.129. The standard InChI is InChI=1S/C15H17N5O/c16-14(21)15(13-10-18-7-8-19-13)4-1-9-20(15)11-12-2-5-17-6-3-12/h2-3,5-8,10H,1,4,9,11H2,(H2,16,21)/t15-/m0/s1. The summed E-state index contributed by atoms with van der Waals surface area (Å²) >= 11 is 0. The summed E-state index contributed by atoms with van der Waals surface area (Å²) in [6.45, 7) is 1.45. The maximum absolute atomic E-state index is 12.2. The van der Waals surface area contributed by atoms with Crippen molar-refractivity contribution >= 4 is 5.91 Å². The van der Waals surface area contributed by atoms with Crippen molar-refractivity contribution in [3.8, 4) is 0 Å². The maximum Gasteiger partial charge on any atom is 0.244 e. The molecule has 0 aliphatic carbocycles. The van der Waals surface area contributed by atoms with E-state index in [1.807, 2.05) is 12.1 Å². The van der Waals surface area contributed by atoms with Crippen molar-refractivity contribution in [3.63, 3.8) is 0 Å². The Labute approximate surface area is 123 Å². The van der Waals surface area contributed by atoms with Gasteiger partial charge in [-0.15, -0.1) is 0 Å². The molecule has 2 aromatic heterocycles. The van der Waals surface area contributed by atoms with E-state index >= 15 is 0 Å². The van der Waals surface area contributed by atoms with Gasteiger partial charge in [-0.1, -0.05) is 0 Å². The van der Waals surface area contributed by atoms with E-state index in [0.29, 0.717) is 18.7 Å².